The van der Waals surface area contributed by atoms with E-state index in [1.807, 2.05) is 30.6 Å². The van der Waals surface area contributed by atoms with Gasteiger partial charge in [0.15, 0.2) is 0 Å². The van der Waals surface area contributed by atoms with E-state index in [2.05, 4.69) is 51.0 Å². The van der Waals surface area contributed by atoms with E-state index in [4.69, 9.17) is 16.3 Å². The van der Waals surface area contributed by atoms with Crippen LogP contribution in [0.3, 0.4) is 0 Å². The predicted molar refractivity (Wildman–Crippen MR) is 132 cm³/mol. The average Bonchev–Trinajstić information content (AvgIpc) is 3.21. The minimum absolute atomic E-state index is 0.756. The van der Waals surface area contributed by atoms with Gasteiger partial charge in [0.2, 0.25) is 0 Å². The Labute approximate surface area is 194 Å². The van der Waals surface area contributed by atoms with Crippen LogP contribution in [0.5, 0.6) is 5.75 Å². The SMILES string of the molecule is COc1ccc(-c2cncc(-c3cn(CCN4CCCCC4)c4ccc(Cl)cc34)c2)cc1. The Kier molecular flexibility index (Phi) is 6.15. The maximum absolute atomic E-state index is 6.40. The van der Waals surface area contributed by atoms with Crippen molar-refractivity contribution in [1.29, 1.82) is 0 Å². The third-order valence-electron chi connectivity index (χ3n) is 6.42. The number of nitrogens with zero attached hydrogens (tertiary/aromatic N) is 3. The second-order valence-corrected chi connectivity index (χ2v) is 8.93. The summed E-state index contributed by atoms with van der Waals surface area (Å²) in [5, 5.41) is 1.93. The van der Waals surface area contributed by atoms with Gasteiger partial charge in [-0.25, -0.2) is 0 Å². The topological polar surface area (TPSA) is 30.3 Å². The van der Waals surface area contributed by atoms with Gasteiger partial charge in [-0.2, -0.15) is 0 Å². The van der Waals surface area contributed by atoms with Gasteiger partial charge in [0.25, 0.3) is 0 Å². The Morgan fingerprint density at radius 2 is 1.66 bits per heavy atom. The number of hydrogen-bond acceptors (Lipinski definition) is 3. The highest BCUT2D eigenvalue weighted by Crippen LogP contribution is 2.34. The Morgan fingerprint density at radius 1 is 0.875 bits per heavy atom. The van der Waals surface area contributed by atoms with Gasteiger partial charge in [-0.3, -0.25) is 4.98 Å². The Hall–Kier alpha value is -2.82. The molecule has 5 heteroatoms. The van der Waals surface area contributed by atoms with Crippen molar-refractivity contribution in [2.75, 3.05) is 26.7 Å². The zero-order chi connectivity index (χ0) is 21.9. The number of ether oxygens (including phenoxy) is 1. The van der Waals surface area contributed by atoms with Crippen LogP contribution >= 0.6 is 11.6 Å². The third-order valence-corrected chi connectivity index (χ3v) is 6.66. The highest BCUT2D eigenvalue weighted by Gasteiger charge is 2.14. The first-order valence-electron chi connectivity index (χ1n) is 11.3. The predicted octanol–water partition coefficient (Wildman–Crippen LogP) is 6.52. The molecule has 1 aliphatic rings. The van der Waals surface area contributed by atoms with Gasteiger partial charge in [0, 0.05) is 64.3 Å². The molecule has 1 aliphatic heterocycles. The first kappa shape index (κ1) is 21.0. The molecule has 0 aliphatic carbocycles. The van der Waals surface area contributed by atoms with Crippen LogP contribution in [-0.4, -0.2) is 41.2 Å². The molecule has 164 valence electrons. The minimum Gasteiger partial charge on any atom is -0.497 e. The van der Waals surface area contributed by atoms with Crippen LogP contribution in [0.1, 0.15) is 19.3 Å². The molecule has 2 aromatic heterocycles. The van der Waals surface area contributed by atoms with Gasteiger partial charge < -0.3 is 14.2 Å². The number of likely N-dealkylation sites (tertiary alicyclic amines) is 1. The molecule has 0 atom stereocenters. The summed E-state index contributed by atoms with van der Waals surface area (Å²) in [7, 11) is 1.68. The van der Waals surface area contributed by atoms with E-state index >= 15 is 0 Å². The number of rotatable bonds is 6. The summed E-state index contributed by atoms with van der Waals surface area (Å²) >= 11 is 6.40. The molecular formula is C27H28ClN3O. The van der Waals surface area contributed by atoms with Crippen LogP contribution < -0.4 is 4.74 Å². The van der Waals surface area contributed by atoms with Crippen LogP contribution in [-0.2, 0) is 6.54 Å². The van der Waals surface area contributed by atoms with Gasteiger partial charge in [-0.05, 0) is 67.9 Å². The Morgan fingerprint density at radius 3 is 2.44 bits per heavy atom. The normalized spacial score (nSPS) is 14.7. The number of methoxy groups -OCH3 is 1. The summed E-state index contributed by atoms with van der Waals surface area (Å²) in [5.74, 6) is 0.851. The third kappa shape index (κ3) is 4.38. The highest BCUT2D eigenvalue weighted by molar-refractivity contribution is 6.31. The molecule has 0 spiro atoms. The molecule has 4 aromatic rings. The number of halogens is 1. The smallest absolute Gasteiger partial charge is 0.118 e. The highest BCUT2D eigenvalue weighted by atomic mass is 35.5. The summed E-state index contributed by atoms with van der Waals surface area (Å²) in [6.45, 7) is 4.48. The van der Waals surface area contributed by atoms with Crippen LogP contribution in [0.15, 0.2) is 67.1 Å². The largest absolute Gasteiger partial charge is 0.497 e. The Bertz CT molecular complexity index is 1210. The molecule has 32 heavy (non-hydrogen) atoms. The van der Waals surface area contributed by atoms with E-state index in [-0.39, 0.29) is 0 Å². The minimum atomic E-state index is 0.756. The van der Waals surface area contributed by atoms with Crippen LogP contribution in [0, 0.1) is 0 Å². The lowest BCUT2D eigenvalue weighted by Gasteiger charge is -2.26. The average molecular weight is 446 g/mol. The molecule has 2 aromatic carbocycles. The number of pyridine rings is 1. The summed E-state index contributed by atoms with van der Waals surface area (Å²) in [6, 6.07) is 16.5. The fraction of sp³-hybridized carbons (Fsp3) is 0.296. The van der Waals surface area contributed by atoms with Crippen molar-refractivity contribution < 1.29 is 4.74 Å². The monoisotopic (exact) mass is 445 g/mol. The van der Waals surface area contributed by atoms with Crippen molar-refractivity contribution in [3.63, 3.8) is 0 Å². The first-order valence-corrected chi connectivity index (χ1v) is 11.7. The molecule has 0 saturated carbocycles. The van der Waals surface area contributed by atoms with Gasteiger partial charge in [0.1, 0.15) is 5.75 Å². The van der Waals surface area contributed by atoms with Crippen molar-refractivity contribution in [3.8, 4) is 28.0 Å². The molecule has 0 radical (unpaired) electrons. The van der Waals surface area contributed by atoms with Crippen molar-refractivity contribution in [2.45, 2.75) is 25.8 Å². The molecule has 0 amide bonds. The summed E-state index contributed by atoms with van der Waals surface area (Å²) in [4.78, 5) is 7.14. The van der Waals surface area contributed by atoms with Gasteiger partial charge >= 0.3 is 0 Å². The van der Waals surface area contributed by atoms with E-state index in [9.17, 15) is 0 Å². The molecule has 1 saturated heterocycles. The lowest BCUT2D eigenvalue weighted by atomic mass is 10.0. The molecule has 5 rings (SSSR count). The second-order valence-electron chi connectivity index (χ2n) is 8.49. The summed E-state index contributed by atoms with van der Waals surface area (Å²) in [5.41, 5.74) is 5.69. The lowest BCUT2D eigenvalue weighted by molar-refractivity contribution is 0.222. The summed E-state index contributed by atoms with van der Waals surface area (Å²) in [6.07, 6.45) is 10.1. The van der Waals surface area contributed by atoms with Crippen molar-refractivity contribution in [1.82, 2.24) is 14.5 Å². The maximum Gasteiger partial charge on any atom is 0.118 e. The zero-order valence-electron chi connectivity index (χ0n) is 18.4. The zero-order valence-corrected chi connectivity index (χ0v) is 19.2. The fourth-order valence-electron chi connectivity index (χ4n) is 4.65. The van der Waals surface area contributed by atoms with Crippen molar-refractivity contribution in [3.05, 3.63) is 72.1 Å². The van der Waals surface area contributed by atoms with Crippen LogP contribution in [0.25, 0.3) is 33.2 Å². The quantitative estimate of drug-likeness (QED) is 0.338. The van der Waals surface area contributed by atoms with E-state index in [0.29, 0.717) is 0 Å². The van der Waals surface area contributed by atoms with Crippen LogP contribution in [0.2, 0.25) is 5.02 Å². The number of aromatic nitrogens is 2. The van der Waals surface area contributed by atoms with Gasteiger partial charge in [-0.1, -0.05) is 30.2 Å². The lowest BCUT2D eigenvalue weighted by Crippen LogP contribution is -2.32. The number of piperidine rings is 1. The van der Waals surface area contributed by atoms with Crippen molar-refractivity contribution in [2.24, 2.45) is 0 Å². The summed E-state index contributed by atoms with van der Waals surface area (Å²) < 4.78 is 7.66. The first-order chi connectivity index (χ1) is 15.7. The number of benzene rings is 2. The molecule has 3 heterocycles. The number of fused-ring (bicyclic) bond motifs is 1. The maximum atomic E-state index is 6.40. The standard InChI is InChI=1S/C27H28ClN3O/c1-32-24-8-5-20(6-9-24)21-15-22(18-29-17-21)26-19-31(14-13-30-11-3-2-4-12-30)27-10-7-23(28)16-25(26)27/h5-10,15-19H,2-4,11-14H2,1H3. The molecule has 0 N–H and O–H groups in total. The molecule has 0 unspecified atom stereocenters. The second kappa shape index (κ2) is 9.35. The van der Waals surface area contributed by atoms with Gasteiger partial charge in [0.05, 0.1) is 7.11 Å². The Balaban J connectivity index is 1.49. The molecule has 4 nitrogen and oxygen atoms in total. The van der Waals surface area contributed by atoms with E-state index < -0.39 is 0 Å². The van der Waals surface area contributed by atoms with E-state index in [1.54, 1.807) is 7.11 Å². The number of hydrogen-bond donors (Lipinski definition) is 0. The van der Waals surface area contributed by atoms with Crippen molar-refractivity contribution >= 4 is 22.5 Å². The van der Waals surface area contributed by atoms with Gasteiger partial charge in [-0.15, -0.1) is 0 Å². The fourth-order valence-corrected chi connectivity index (χ4v) is 4.82. The van der Waals surface area contributed by atoms with E-state index in [0.717, 1.165) is 40.6 Å². The molecule has 0 bridgehead atoms. The molecular weight excluding hydrogens is 418 g/mol. The van der Waals surface area contributed by atoms with Crippen LogP contribution in [0.4, 0.5) is 0 Å². The van der Waals surface area contributed by atoms with E-state index in [1.165, 1.54) is 48.8 Å². The molecule has 1 fully saturated rings.